The molecule has 120 valence electrons. The average Bonchev–Trinajstić information content (AvgIpc) is 2.34. The van der Waals surface area contributed by atoms with E-state index in [0.29, 0.717) is 0 Å². The van der Waals surface area contributed by atoms with Crippen molar-refractivity contribution in [2.45, 2.75) is 33.2 Å². The van der Waals surface area contributed by atoms with E-state index in [1.807, 2.05) is 17.9 Å². The fraction of sp³-hybridized carbons (Fsp3) is 0.688. The molecule has 22 heavy (non-hydrogen) atoms. The van der Waals surface area contributed by atoms with Crippen LogP contribution in [0.25, 0.3) is 0 Å². The third-order valence-corrected chi connectivity index (χ3v) is 4.52. The number of likely N-dealkylation sites (tertiary alicyclic amines) is 1. The number of ether oxygens (including phenoxy) is 1. The molecular formula is C16H24N4O2. The molecule has 3 heterocycles. The minimum absolute atomic E-state index is 0.106. The lowest BCUT2D eigenvalue weighted by atomic mass is 9.88. The van der Waals surface area contributed by atoms with Crippen molar-refractivity contribution in [2.75, 3.05) is 38.3 Å². The van der Waals surface area contributed by atoms with Crippen LogP contribution in [0.1, 0.15) is 37.8 Å². The van der Waals surface area contributed by atoms with Crippen LogP contribution in [0.2, 0.25) is 0 Å². The molecular weight excluding hydrogens is 280 g/mol. The Bertz CT molecular complexity index is 586. The molecule has 0 spiro atoms. The summed E-state index contributed by atoms with van der Waals surface area (Å²) in [5.41, 5.74) is 1.15. The minimum atomic E-state index is 0.106. The van der Waals surface area contributed by atoms with Crippen LogP contribution in [0.4, 0.5) is 5.82 Å². The van der Waals surface area contributed by atoms with E-state index in [2.05, 4.69) is 28.8 Å². The largest absolute Gasteiger partial charge is 0.380 e. The number of hydrogen-bond acceptors (Lipinski definition) is 5. The zero-order chi connectivity index (χ0) is 15.9. The van der Waals surface area contributed by atoms with Gasteiger partial charge in [-0.25, -0.2) is 9.97 Å². The van der Waals surface area contributed by atoms with Crippen molar-refractivity contribution in [2.24, 2.45) is 5.41 Å². The molecule has 1 atom stereocenters. The van der Waals surface area contributed by atoms with Crippen LogP contribution in [-0.4, -0.2) is 54.1 Å². The standard InChI is InChI=1S/C16H24N4O2/c1-11-17-13(14-5-6-20(14)12(2)21)7-15(18-11)19(4)8-16(3)9-22-10-16/h7,14H,5-6,8-10H2,1-4H3. The first-order valence-corrected chi connectivity index (χ1v) is 7.80. The third-order valence-electron chi connectivity index (χ3n) is 4.52. The Morgan fingerprint density at radius 1 is 1.50 bits per heavy atom. The van der Waals surface area contributed by atoms with Gasteiger partial charge in [0.25, 0.3) is 0 Å². The Morgan fingerprint density at radius 3 is 2.73 bits per heavy atom. The van der Waals surface area contributed by atoms with Crippen LogP contribution in [0.15, 0.2) is 6.07 Å². The van der Waals surface area contributed by atoms with Crippen molar-refractivity contribution >= 4 is 11.7 Å². The van der Waals surface area contributed by atoms with E-state index in [0.717, 1.165) is 50.1 Å². The smallest absolute Gasteiger partial charge is 0.220 e. The number of hydrogen-bond donors (Lipinski definition) is 0. The van der Waals surface area contributed by atoms with Gasteiger partial charge in [-0.15, -0.1) is 0 Å². The maximum atomic E-state index is 11.6. The summed E-state index contributed by atoms with van der Waals surface area (Å²) in [4.78, 5) is 24.7. The molecule has 2 fully saturated rings. The van der Waals surface area contributed by atoms with Crippen molar-refractivity contribution in [1.29, 1.82) is 0 Å². The second-order valence-corrected chi connectivity index (χ2v) is 6.87. The number of rotatable bonds is 4. The predicted octanol–water partition coefficient (Wildman–Crippen LogP) is 1.55. The number of anilines is 1. The second-order valence-electron chi connectivity index (χ2n) is 6.87. The molecule has 2 saturated heterocycles. The Labute approximate surface area is 131 Å². The van der Waals surface area contributed by atoms with Gasteiger partial charge in [0.1, 0.15) is 11.6 Å². The zero-order valence-corrected chi connectivity index (χ0v) is 13.8. The molecule has 0 bridgehead atoms. The fourth-order valence-electron chi connectivity index (χ4n) is 3.21. The zero-order valence-electron chi connectivity index (χ0n) is 13.8. The average molecular weight is 304 g/mol. The topological polar surface area (TPSA) is 58.6 Å². The SMILES string of the molecule is CC(=O)N1CCC1c1cc(N(C)CC2(C)COC2)nc(C)n1. The number of aromatic nitrogens is 2. The summed E-state index contributed by atoms with van der Waals surface area (Å²) in [6.07, 6.45) is 0.977. The van der Waals surface area contributed by atoms with E-state index in [-0.39, 0.29) is 17.4 Å². The van der Waals surface area contributed by atoms with Gasteiger partial charge in [-0.05, 0) is 13.3 Å². The van der Waals surface area contributed by atoms with Gasteiger partial charge in [0, 0.05) is 38.5 Å². The summed E-state index contributed by atoms with van der Waals surface area (Å²) in [6.45, 7) is 9.08. The molecule has 6 nitrogen and oxygen atoms in total. The van der Waals surface area contributed by atoms with Crippen LogP contribution < -0.4 is 4.90 Å². The summed E-state index contributed by atoms with van der Waals surface area (Å²) < 4.78 is 5.32. The van der Waals surface area contributed by atoms with Gasteiger partial charge in [0.2, 0.25) is 5.91 Å². The molecule has 0 saturated carbocycles. The number of carbonyl (C=O) groups excluding carboxylic acids is 1. The Kier molecular flexibility index (Phi) is 3.80. The van der Waals surface area contributed by atoms with Gasteiger partial charge in [0.05, 0.1) is 24.9 Å². The van der Waals surface area contributed by atoms with Gasteiger partial charge in [-0.1, -0.05) is 6.92 Å². The van der Waals surface area contributed by atoms with E-state index >= 15 is 0 Å². The first-order valence-electron chi connectivity index (χ1n) is 7.80. The molecule has 1 unspecified atom stereocenters. The second kappa shape index (κ2) is 5.50. The van der Waals surface area contributed by atoms with Crippen molar-refractivity contribution < 1.29 is 9.53 Å². The molecule has 6 heteroatoms. The molecule has 1 amide bonds. The maximum absolute atomic E-state index is 11.6. The van der Waals surface area contributed by atoms with E-state index < -0.39 is 0 Å². The van der Waals surface area contributed by atoms with Gasteiger partial charge < -0.3 is 14.5 Å². The van der Waals surface area contributed by atoms with Crippen LogP contribution in [-0.2, 0) is 9.53 Å². The van der Waals surface area contributed by atoms with Crippen molar-refractivity contribution in [3.8, 4) is 0 Å². The Hall–Kier alpha value is -1.69. The fourth-order valence-corrected chi connectivity index (χ4v) is 3.21. The summed E-state index contributed by atoms with van der Waals surface area (Å²) in [5.74, 6) is 1.79. The molecule has 1 aromatic rings. The molecule has 3 rings (SSSR count). The first-order chi connectivity index (χ1) is 10.4. The summed E-state index contributed by atoms with van der Waals surface area (Å²) in [5, 5.41) is 0. The highest BCUT2D eigenvalue weighted by Crippen LogP contribution is 2.34. The van der Waals surface area contributed by atoms with Crippen LogP contribution in [0.5, 0.6) is 0 Å². The van der Waals surface area contributed by atoms with Crippen LogP contribution >= 0.6 is 0 Å². The number of carbonyl (C=O) groups is 1. The minimum Gasteiger partial charge on any atom is -0.380 e. The van der Waals surface area contributed by atoms with E-state index in [9.17, 15) is 4.79 Å². The van der Waals surface area contributed by atoms with Gasteiger partial charge >= 0.3 is 0 Å². The lowest BCUT2D eigenvalue weighted by Gasteiger charge is -2.42. The molecule has 0 aromatic carbocycles. The highest BCUT2D eigenvalue weighted by molar-refractivity contribution is 5.74. The highest BCUT2D eigenvalue weighted by Gasteiger charge is 2.36. The monoisotopic (exact) mass is 304 g/mol. The third kappa shape index (κ3) is 2.79. The molecule has 0 aliphatic carbocycles. The molecule has 2 aliphatic heterocycles. The lowest BCUT2D eigenvalue weighted by molar-refractivity contribution is -0.136. The quantitative estimate of drug-likeness (QED) is 0.845. The Balaban J connectivity index is 1.79. The summed E-state index contributed by atoms with van der Waals surface area (Å²) >= 11 is 0. The highest BCUT2D eigenvalue weighted by atomic mass is 16.5. The molecule has 2 aliphatic rings. The molecule has 0 radical (unpaired) electrons. The predicted molar refractivity (Wildman–Crippen MR) is 83.7 cm³/mol. The Morgan fingerprint density at radius 2 is 2.23 bits per heavy atom. The van der Waals surface area contributed by atoms with Crippen molar-refractivity contribution in [3.63, 3.8) is 0 Å². The van der Waals surface area contributed by atoms with Gasteiger partial charge in [0.15, 0.2) is 0 Å². The van der Waals surface area contributed by atoms with E-state index in [4.69, 9.17) is 4.74 Å². The van der Waals surface area contributed by atoms with Crippen molar-refractivity contribution in [1.82, 2.24) is 14.9 Å². The number of nitrogens with zero attached hydrogens (tertiary/aromatic N) is 4. The summed E-state index contributed by atoms with van der Waals surface area (Å²) in [7, 11) is 2.05. The maximum Gasteiger partial charge on any atom is 0.220 e. The van der Waals surface area contributed by atoms with Crippen LogP contribution in [0, 0.1) is 12.3 Å². The first kappa shape index (κ1) is 15.2. The molecule has 1 aromatic heterocycles. The number of aryl methyl sites for hydroxylation is 1. The van der Waals surface area contributed by atoms with Gasteiger partial charge in [-0.3, -0.25) is 4.79 Å². The summed E-state index contributed by atoms with van der Waals surface area (Å²) in [6, 6.07) is 2.13. The van der Waals surface area contributed by atoms with Gasteiger partial charge in [-0.2, -0.15) is 0 Å². The molecule has 0 N–H and O–H groups in total. The number of amides is 1. The normalized spacial score (nSPS) is 22.7. The van der Waals surface area contributed by atoms with Crippen molar-refractivity contribution in [3.05, 3.63) is 17.6 Å². The van der Waals surface area contributed by atoms with E-state index in [1.54, 1.807) is 6.92 Å². The van der Waals surface area contributed by atoms with Crippen LogP contribution in [0.3, 0.4) is 0 Å². The lowest BCUT2D eigenvalue weighted by Crippen LogP contribution is -2.48. The van der Waals surface area contributed by atoms with E-state index in [1.165, 1.54) is 0 Å².